The lowest BCUT2D eigenvalue weighted by atomic mass is 10.1. The standard InChI is InChI=1S/C12H15N3O2/c1-7-4-9(5-8(2)11(7)16-3)12-14-10(6-13)17-15-12/h4-5H,6,13H2,1-3H3. The number of nitrogens with two attached hydrogens (primary N) is 1. The van der Waals surface area contributed by atoms with Crippen LogP contribution in [0.5, 0.6) is 5.75 Å². The number of aryl methyl sites for hydroxylation is 2. The summed E-state index contributed by atoms with van der Waals surface area (Å²) in [6.45, 7) is 4.22. The van der Waals surface area contributed by atoms with Crippen LogP contribution in [0.3, 0.4) is 0 Å². The molecule has 2 aromatic rings. The van der Waals surface area contributed by atoms with Crippen molar-refractivity contribution in [2.45, 2.75) is 20.4 Å². The van der Waals surface area contributed by atoms with Crippen LogP contribution in [0, 0.1) is 13.8 Å². The molecule has 0 atom stereocenters. The maximum absolute atomic E-state index is 5.43. The van der Waals surface area contributed by atoms with Gasteiger partial charge in [0, 0.05) is 5.56 Å². The lowest BCUT2D eigenvalue weighted by Crippen LogP contribution is -1.96. The van der Waals surface area contributed by atoms with Crippen LogP contribution in [0.4, 0.5) is 0 Å². The molecule has 2 rings (SSSR count). The number of nitrogens with zero attached hydrogens (tertiary/aromatic N) is 2. The van der Waals surface area contributed by atoms with Crippen molar-refractivity contribution in [3.8, 4) is 17.1 Å². The minimum Gasteiger partial charge on any atom is -0.496 e. The van der Waals surface area contributed by atoms with E-state index in [-0.39, 0.29) is 6.54 Å². The van der Waals surface area contributed by atoms with E-state index in [1.54, 1.807) is 7.11 Å². The molecule has 0 amide bonds. The summed E-state index contributed by atoms with van der Waals surface area (Å²) in [6, 6.07) is 3.94. The maximum atomic E-state index is 5.43. The minimum absolute atomic E-state index is 0.251. The predicted octanol–water partition coefficient (Wildman–Crippen LogP) is 1.82. The highest BCUT2D eigenvalue weighted by Crippen LogP contribution is 2.28. The molecular weight excluding hydrogens is 218 g/mol. The first kappa shape index (κ1) is 11.6. The van der Waals surface area contributed by atoms with Crippen molar-refractivity contribution in [1.82, 2.24) is 10.1 Å². The summed E-state index contributed by atoms with van der Waals surface area (Å²) < 4.78 is 10.3. The van der Waals surface area contributed by atoms with E-state index in [1.807, 2.05) is 26.0 Å². The van der Waals surface area contributed by atoms with Crippen LogP contribution in [0.25, 0.3) is 11.4 Å². The molecule has 1 heterocycles. The molecule has 2 N–H and O–H groups in total. The third-order valence-corrected chi connectivity index (χ3v) is 2.57. The van der Waals surface area contributed by atoms with E-state index in [4.69, 9.17) is 15.0 Å². The fourth-order valence-electron chi connectivity index (χ4n) is 1.86. The molecule has 0 saturated carbocycles. The van der Waals surface area contributed by atoms with Gasteiger partial charge < -0.3 is 15.0 Å². The van der Waals surface area contributed by atoms with Gasteiger partial charge in [-0.2, -0.15) is 4.98 Å². The number of rotatable bonds is 3. The number of hydrogen-bond donors (Lipinski definition) is 1. The van der Waals surface area contributed by atoms with Crippen LogP contribution in [0.2, 0.25) is 0 Å². The van der Waals surface area contributed by atoms with Gasteiger partial charge in [-0.3, -0.25) is 0 Å². The SMILES string of the molecule is COc1c(C)cc(-c2noc(CN)n2)cc1C. The number of ether oxygens (including phenoxy) is 1. The first-order valence-corrected chi connectivity index (χ1v) is 5.34. The molecule has 0 bridgehead atoms. The van der Waals surface area contributed by atoms with E-state index in [1.165, 1.54) is 0 Å². The second-order valence-corrected chi connectivity index (χ2v) is 3.86. The summed E-state index contributed by atoms with van der Waals surface area (Å²) in [6.07, 6.45) is 0. The summed E-state index contributed by atoms with van der Waals surface area (Å²) in [5.41, 5.74) is 8.42. The molecule has 0 saturated heterocycles. The first-order chi connectivity index (χ1) is 8.15. The molecule has 5 nitrogen and oxygen atoms in total. The van der Waals surface area contributed by atoms with E-state index in [0.29, 0.717) is 11.7 Å². The molecule has 90 valence electrons. The highest BCUT2D eigenvalue weighted by Gasteiger charge is 2.11. The molecule has 0 radical (unpaired) electrons. The second kappa shape index (κ2) is 4.55. The molecule has 17 heavy (non-hydrogen) atoms. The quantitative estimate of drug-likeness (QED) is 0.875. The third kappa shape index (κ3) is 2.14. The van der Waals surface area contributed by atoms with E-state index >= 15 is 0 Å². The van der Waals surface area contributed by atoms with Crippen molar-refractivity contribution in [2.24, 2.45) is 5.73 Å². The van der Waals surface area contributed by atoms with E-state index < -0.39 is 0 Å². The molecular formula is C12H15N3O2. The molecule has 0 spiro atoms. The van der Waals surface area contributed by atoms with Crippen molar-refractivity contribution in [2.75, 3.05) is 7.11 Å². The van der Waals surface area contributed by atoms with Crippen molar-refractivity contribution >= 4 is 0 Å². The predicted molar refractivity (Wildman–Crippen MR) is 63.7 cm³/mol. The van der Waals surface area contributed by atoms with Gasteiger partial charge in [-0.1, -0.05) is 5.16 Å². The van der Waals surface area contributed by atoms with Gasteiger partial charge in [-0.05, 0) is 37.1 Å². The zero-order valence-corrected chi connectivity index (χ0v) is 10.2. The van der Waals surface area contributed by atoms with Crippen LogP contribution in [0.1, 0.15) is 17.0 Å². The Balaban J connectivity index is 2.46. The summed E-state index contributed by atoms with van der Waals surface area (Å²) in [7, 11) is 1.66. The zero-order chi connectivity index (χ0) is 12.4. The Bertz CT molecular complexity index is 511. The van der Waals surface area contributed by atoms with E-state index in [2.05, 4.69) is 10.1 Å². The smallest absolute Gasteiger partial charge is 0.240 e. The fourth-order valence-corrected chi connectivity index (χ4v) is 1.86. The van der Waals surface area contributed by atoms with Gasteiger partial charge in [0.15, 0.2) is 0 Å². The van der Waals surface area contributed by atoms with Gasteiger partial charge in [0.25, 0.3) is 0 Å². The number of aromatic nitrogens is 2. The normalized spacial score (nSPS) is 10.6. The van der Waals surface area contributed by atoms with Gasteiger partial charge in [0.1, 0.15) is 5.75 Å². The van der Waals surface area contributed by atoms with Gasteiger partial charge in [0.2, 0.25) is 11.7 Å². The van der Waals surface area contributed by atoms with Crippen LogP contribution in [0.15, 0.2) is 16.7 Å². The van der Waals surface area contributed by atoms with E-state index in [9.17, 15) is 0 Å². The summed E-state index contributed by atoms with van der Waals surface area (Å²) in [4.78, 5) is 4.19. The minimum atomic E-state index is 0.251. The average molecular weight is 233 g/mol. The zero-order valence-electron chi connectivity index (χ0n) is 10.2. The largest absolute Gasteiger partial charge is 0.496 e. The third-order valence-electron chi connectivity index (χ3n) is 2.57. The highest BCUT2D eigenvalue weighted by atomic mass is 16.5. The number of hydrogen-bond acceptors (Lipinski definition) is 5. The Morgan fingerprint density at radius 1 is 1.29 bits per heavy atom. The summed E-state index contributed by atoms with van der Waals surface area (Å²) in [5, 5.41) is 3.89. The highest BCUT2D eigenvalue weighted by molar-refractivity contribution is 5.60. The second-order valence-electron chi connectivity index (χ2n) is 3.86. The van der Waals surface area contributed by atoms with Gasteiger partial charge in [-0.25, -0.2) is 0 Å². The molecule has 1 aromatic heterocycles. The topological polar surface area (TPSA) is 74.2 Å². The molecule has 0 aliphatic rings. The Hall–Kier alpha value is -1.88. The summed E-state index contributed by atoms with van der Waals surface area (Å²) >= 11 is 0. The Morgan fingerprint density at radius 2 is 1.94 bits per heavy atom. The lowest BCUT2D eigenvalue weighted by Gasteiger charge is -2.09. The van der Waals surface area contributed by atoms with Crippen molar-refractivity contribution in [1.29, 1.82) is 0 Å². The Kier molecular flexibility index (Phi) is 3.10. The summed E-state index contributed by atoms with van der Waals surface area (Å²) in [5.74, 6) is 1.88. The monoisotopic (exact) mass is 233 g/mol. The van der Waals surface area contributed by atoms with Crippen LogP contribution in [-0.4, -0.2) is 17.3 Å². The van der Waals surface area contributed by atoms with Crippen LogP contribution < -0.4 is 10.5 Å². The maximum Gasteiger partial charge on any atom is 0.240 e. The molecule has 1 aromatic carbocycles. The van der Waals surface area contributed by atoms with Crippen LogP contribution >= 0.6 is 0 Å². The first-order valence-electron chi connectivity index (χ1n) is 5.34. The molecule has 5 heteroatoms. The number of benzene rings is 1. The number of methoxy groups -OCH3 is 1. The van der Waals surface area contributed by atoms with Crippen LogP contribution in [-0.2, 0) is 6.54 Å². The molecule has 0 fully saturated rings. The fraction of sp³-hybridized carbons (Fsp3) is 0.333. The van der Waals surface area contributed by atoms with Gasteiger partial charge >= 0.3 is 0 Å². The molecule has 0 unspecified atom stereocenters. The van der Waals surface area contributed by atoms with Crippen molar-refractivity contribution in [3.63, 3.8) is 0 Å². The van der Waals surface area contributed by atoms with Gasteiger partial charge in [0.05, 0.1) is 13.7 Å². The Labute approximate surface area is 99.6 Å². The van der Waals surface area contributed by atoms with Crippen molar-refractivity contribution < 1.29 is 9.26 Å². The average Bonchev–Trinajstić information content (AvgIpc) is 2.77. The Morgan fingerprint density at radius 3 is 2.41 bits per heavy atom. The lowest BCUT2D eigenvalue weighted by molar-refractivity contribution is 0.380. The van der Waals surface area contributed by atoms with Gasteiger partial charge in [-0.15, -0.1) is 0 Å². The van der Waals surface area contributed by atoms with E-state index in [0.717, 1.165) is 22.4 Å². The molecule has 0 aliphatic carbocycles. The van der Waals surface area contributed by atoms with Crippen molar-refractivity contribution in [3.05, 3.63) is 29.2 Å². The molecule has 0 aliphatic heterocycles.